The van der Waals surface area contributed by atoms with Gasteiger partial charge in [0.05, 0.1) is 34.9 Å². The van der Waals surface area contributed by atoms with E-state index in [2.05, 4.69) is 16.7 Å². The number of hydrogen-bond donors (Lipinski definition) is 2. The van der Waals surface area contributed by atoms with E-state index in [9.17, 15) is 14.9 Å². The molecule has 0 aromatic heterocycles. The van der Waals surface area contributed by atoms with Gasteiger partial charge in [0.1, 0.15) is 5.75 Å². The number of nitrogens with zero attached hydrogens (tertiary/aromatic N) is 1. The largest absolute Gasteiger partial charge is 0.494 e. The number of dihydropyridines is 1. The maximum absolute atomic E-state index is 12.5. The summed E-state index contributed by atoms with van der Waals surface area (Å²) >= 11 is 7.64. The summed E-state index contributed by atoms with van der Waals surface area (Å²) in [5, 5.41) is 17.0. The summed E-state index contributed by atoms with van der Waals surface area (Å²) in [5.41, 5.74) is 2.82. The van der Waals surface area contributed by atoms with Crippen molar-refractivity contribution in [3.8, 4) is 11.8 Å². The zero-order chi connectivity index (χ0) is 24.0. The number of nitrogens with one attached hydrogen (secondary N) is 2. The average Bonchev–Trinajstić information content (AvgIpc) is 2.78. The maximum atomic E-state index is 12.5. The Morgan fingerprint density at radius 3 is 2.52 bits per heavy atom. The van der Waals surface area contributed by atoms with Crippen LogP contribution in [0, 0.1) is 11.3 Å². The molecule has 1 aliphatic rings. The number of ketones is 1. The molecule has 1 aliphatic heterocycles. The van der Waals surface area contributed by atoms with Crippen molar-refractivity contribution >= 4 is 40.7 Å². The smallest absolute Gasteiger partial charge is 0.234 e. The third kappa shape index (κ3) is 5.78. The van der Waals surface area contributed by atoms with Gasteiger partial charge >= 0.3 is 0 Å². The SMILES string of the molecule is CCOc1ccc(NC(=O)CSC2=C(C#N)[C@@H](c3ccccc3Cl)C(C(C)=O)=C(C)N2)cc1. The summed E-state index contributed by atoms with van der Waals surface area (Å²) in [6.07, 6.45) is 0. The highest BCUT2D eigenvalue weighted by atomic mass is 35.5. The fourth-order valence-corrected chi connectivity index (χ4v) is 4.79. The van der Waals surface area contributed by atoms with Crippen molar-refractivity contribution in [2.24, 2.45) is 0 Å². The quantitative estimate of drug-likeness (QED) is 0.524. The minimum Gasteiger partial charge on any atom is -0.494 e. The molecule has 0 bridgehead atoms. The fourth-order valence-electron chi connectivity index (χ4n) is 3.65. The number of benzene rings is 2. The molecule has 0 unspecified atom stereocenters. The van der Waals surface area contributed by atoms with Gasteiger partial charge in [0, 0.05) is 22.0 Å². The first-order chi connectivity index (χ1) is 15.8. The Bertz CT molecular complexity index is 1170. The summed E-state index contributed by atoms with van der Waals surface area (Å²) in [5.74, 6) is -0.147. The van der Waals surface area contributed by atoms with Crippen molar-refractivity contribution in [2.45, 2.75) is 26.7 Å². The fraction of sp³-hybridized carbons (Fsp3) is 0.240. The molecule has 1 amide bonds. The minimum absolute atomic E-state index is 0.0820. The average molecular weight is 482 g/mol. The Kier molecular flexibility index (Phi) is 8.21. The van der Waals surface area contributed by atoms with E-state index in [1.165, 1.54) is 18.7 Å². The van der Waals surface area contributed by atoms with Crippen LogP contribution in [0.25, 0.3) is 0 Å². The van der Waals surface area contributed by atoms with Crippen LogP contribution in [-0.2, 0) is 9.59 Å². The van der Waals surface area contributed by atoms with Gasteiger partial charge in [-0.2, -0.15) is 5.26 Å². The van der Waals surface area contributed by atoms with Crippen molar-refractivity contribution in [3.05, 3.63) is 81.0 Å². The number of anilines is 1. The molecule has 0 spiro atoms. The standard InChI is InChI=1S/C25H24ClN3O3S/c1-4-32-18-11-9-17(10-12-18)29-22(31)14-33-25-20(13-27)24(19-7-5-6-8-21(19)26)23(16(3)30)15(2)28-25/h5-12,24,28H,4,14H2,1-3H3,(H,29,31)/t24-/m1/s1. The molecular weight excluding hydrogens is 458 g/mol. The van der Waals surface area contributed by atoms with Crippen LogP contribution in [0.4, 0.5) is 5.69 Å². The molecule has 6 nitrogen and oxygen atoms in total. The number of allylic oxidation sites excluding steroid dienone is 3. The predicted molar refractivity (Wildman–Crippen MR) is 132 cm³/mol. The summed E-state index contributed by atoms with van der Waals surface area (Å²) in [4.78, 5) is 25.0. The monoisotopic (exact) mass is 481 g/mol. The van der Waals surface area contributed by atoms with Gasteiger partial charge in [-0.25, -0.2) is 0 Å². The Morgan fingerprint density at radius 2 is 1.91 bits per heavy atom. The Morgan fingerprint density at radius 1 is 1.21 bits per heavy atom. The molecule has 0 radical (unpaired) electrons. The van der Waals surface area contributed by atoms with E-state index in [-0.39, 0.29) is 17.4 Å². The Hall–Kier alpha value is -3.21. The first-order valence-electron chi connectivity index (χ1n) is 10.4. The van der Waals surface area contributed by atoms with E-state index in [1.54, 1.807) is 43.3 Å². The van der Waals surface area contributed by atoms with Crippen LogP contribution in [0.5, 0.6) is 5.75 Å². The van der Waals surface area contributed by atoms with Gasteiger partial charge in [-0.15, -0.1) is 0 Å². The Labute approximate surface area is 202 Å². The number of carbonyl (C=O) groups excluding carboxylic acids is 2. The van der Waals surface area contributed by atoms with Gasteiger partial charge in [-0.1, -0.05) is 41.6 Å². The first-order valence-corrected chi connectivity index (χ1v) is 11.7. The van der Waals surface area contributed by atoms with Crippen LogP contribution in [0.3, 0.4) is 0 Å². The van der Waals surface area contributed by atoms with Gasteiger partial charge in [-0.3, -0.25) is 9.59 Å². The molecule has 1 heterocycles. The second-order valence-corrected chi connectivity index (χ2v) is 8.72. The molecule has 2 N–H and O–H groups in total. The van der Waals surface area contributed by atoms with Gasteiger partial charge in [0.15, 0.2) is 5.78 Å². The zero-order valence-electron chi connectivity index (χ0n) is 18.6. The number of nitriles is 1. The number of amides is 1. The molecule has 2 aromatic rings. The maximum Gasteiger partial charge on any atom is 0.234 e. The minimum atomic E-state index is -0.598. The number of Topliss-reactive ketones (excluding diaryl/α,β-unsaturated/α-hetero) is 1. The van der Waals surface area contributed by atoms with Crippen molar-refractivity contribution in [1.29, 1.82) is 5.26 Å². The van der Waals surface area contributed by atoms with Gasteiger partial charge in [0.2, 0.25) is 5.91 Å². The molecule has 2 aromatic carbocycles. The lowest BCUT2D eigenvalue weighted by molar-refractivity contribution is -0.114. The van der Waals surface area contributed by atoms with Crippen molar-refractivity contribution in [1.82, 2.24) is 5.32 Å². The normalized spacial score (nSPS) is 15.5. The number of halogens is 1. The number of thioether (sulfide) groups is 1. The first kappa shape index (κ1) is 24.4. The van der Waals surface area contributed by atoms with Gasteiger partial charge in [0.25, 0.3) is 0 Å². The second kappa shape index (κ2) is 11.1. The number of carbonyl (C=O) groups is 2. The second-order valence-electron chi connectivity index (χ2n) is 7.32. The number of ether oxygens (including phenoxy) is 1. The van der Waals surface area contributed by atoms with Crippen LogP contribution >= 0.6 is 23.4 Å². The highest BCUT2D eigenvalue weighted by molar-refractivity contribution is 8.03. The van der Waals surface area contributed by atoms with E-state index in [1.807, 2.05) is 19.1 Å². The lowest BCUT2D eigenvalue weighted by atomic mass is 9.81. The topological polar surface area (TPSA) is 91.2 Å². The lowest BCUT2D eigenvalue weighted by Gasteiger charge is -2.29. The summed E-state index contributed by atoms with van der Waals surface area (Å²) < 4.78 is 5.41. The van der Waals surface area contributed by atoms with E-state index in [0.29, 0.717) is 44.8 Å². The van der Waals surface area contributed by atoms with Crippen molar-refractivity contribution < 1.29 is 14.3 Å². The third-order valence-electron chi connectivity index (χ3n) is 5.04. The highest BCUT2D eigenvalue weighted by Gasteiger charge is 2.34. The number of hydrogen-bond acceptors (Lipinski definition) is 6. The van der Waals surface area contributed by atoms with Crippen LogP contribution in [0.1, 0.15) is 32.3 Å². The third-order valence-corrected chi connectivity index (χ3v) is 6.40. The van der Waals surface area contributed by atoms with Crippen LogP contribution < -0.4 is 15.4 Å². The van der Waals surface area contributed by atoms with Crippen molar-refractivity contribution in [2.75, 3.05) is 17.7 Å². The van der Waals surface area contributed by atoms with E-state index in [4.69, 9.17) is 16.3 Å². The summed E-state index contributed by atoms with van der Waals surface area (Å²) in [6.45, 7) is 5.74. The summed E-state index contributed by atoms with van der Waals surface area (Å²) in [7, 11) is 0. The molecule has 0 saturated carbocycles. The summed E-state index contributed by atoms with van der Waals surface area (Å²) in [6, 6.07) is 16.5. The molecule has 170 valence electrons. The molecule has 0 saturated heterocycles. The van der Waals surface area contributed by atoms with Gasteiger partial charge < -0.3 is 15.4 Å². The van der Waals surface area contributed by atoms with E-state index < -0.39 is 5.92 Å². The van der Waals surface area contributed by atoms with Gasteiger partial charge in [-0.05, 0) is 56.7 Å². The van der Waals surface area contributed by atoms with E-state index >= 15 is 0 Å². The Balaban J connectivity index is 1.82. The molecule has 0 fully saturated rings. The van der Waals surface area contributed by atoms with Crippen LogP contribution in [0.15, 0.2) is 70.4 Å². The van der Waals surface area contributed by atoms with Crippen LogP contribution in [-0.4, -0.2) is 24.1 Å². The van der Waals surface area contributed by atoms with Crippen LogP contribution in [0.2, 0.25) is 5.02 Å². The predicted octanol–water partition coefficient (Wildman–Crippen LogP) is 5.40. The molecule has 33 heavy (non-hydrogen) atoms. The molecule has 1 atom stereocenters. The van der Waals surface area contributed by atoms with Crippen molar-refractivity contribution in [3.63, 3.8) is 0 Å². The molecule has 0 aliphatic carbocycles. The molecular formula is C25H24ClN3O3S. The lowest BCUT2D eigenvalue weighted by Crippen LogP contribution is -2.28. The van der Waals surface area contributed by atoms with E-state index in [0.717, 1.165) is 5.75 Å². The number of rotatable bonds is 8. The highest BCUT2D eigenvalue weighted by Crippen LogP contribution is 2.42. The molecule has 8 heteroatoms. The molecule has 3 rings (SSSR count). The zero-order valence-corrected chi connectivity index (χ0v) is 20.1.